The van der Waals surface area contributed by atoms with Crippen molar-refractivity contribution in [3.8, 4) is 0 Å². The van der Waals surface area contributed by atoms with E-state index < -0.39 is 16.2 Å². The van der Waals surface area contributed by atoms with Crippen LogP contribution in [0.5, 0.6) is 0 Å². The molecule has 0 amide bonds. The molecular formula is C12H12BrN3O4. The van der Waals surface area contributed by atoms with Crippen molar-refractivity contribution in [2.75, 3.05) is 0 Å². The van der Waals surface area contributed by atoms with Gasteiger partial charge >= 0.3 is 11.2 Å². The highest BCUT2D eigenvalue weighted by Crippen LogP contribution is 2.16. The van der Waals surface area contributed by atoms with Crippen LogP contribution in [0.4, 0.5) is 5.69 Å². The van der Waals surface area contributed by atoms with E-state index in [1.54, 1.807) is 6.92 Å². The van der Waals surface area contributed by atoms with Crippen molar-refractivity contribution in [2.24, 2.45) is 0 Å². The quantitative estimate of drug-likeness (QED) is 0.628. The SMILES string of the molecule is Cc1noc(C)c1CCn1cc(Br)cc([N+](=O)[O-])c1=O. The molecule has 0 aromatic carbocycles. The first-order valence-corrected chi connectivity index (χ1v) is 6.65. The van der Waals surface area contributed by atoms with Crippen molar-refractivity contribution in [1.82, 2.24) is 9.72 Å². The third-order valence-electron chi connectivity index (χ3n) is 3.01. The fourth-order valence-electron chi connectivity index (χ4n) is 1.97. The van der Waals surface area contributed by atoms with E-state index in [0.29, 0.717) is 23.2 Å². The second kappa shape index (κ2) is 5.58. The second-order valence-electron chi connectivity index (χ2n) is 4.35. The zero-order valence-corrected chi connectivity index (χ0v) is 12.5. The zero-order valence-electron chi connectivity index (χ0n) is 10.9. The molecule has 20 heavy (non-hydrogen) atoms. The highest BCUT2D eigenvalue weighted by atomic mass is 79.9. The molecule has 0 atom stereocenters. The number of aryl methyl sites for hydroxylation is 3. The van der Waals surface area contributed by atoms with E-state index in [1.165, 1.54) is 16.8 Å². The van der Waals surface area contributed by atoms with Gasteiger partial charge in [0.1, 0.15) is 5.76 Å². The molecule has 0 aliphatic rings. The van der Waals surface area contributed by atoms with Gasteiger partial charge in [-0.15, -0.1) is 0 Å². The summed E-state index contributed by atoms with van der Waals surface area (Å²) in [6, 6.07) is 1.20. The van der Waals surface area contributed by atoms with Crippen molar-refractivity contribution in [1.29, 1.82) is 0 Å². The summed E-state index contributed by atoms with van der Waals surface area (Å²) in [5.74, 6) is 0.694. The maximum atomic E-state index is 12.0. The molecule has 0 saturated carbocycles. The predicted octanol–water partition coefficient (Wildman–Crippen LogP) is 2.37. The molecule has 0 bridgehead atoms. The van der Waals surface area contributed by atoms with Crippen molar-refractivity contribution < 1.29 is 9.45 Å². The minimum absolute atomic E-state index is 0.321. The lowest BCUT2D eigenvalue weighted by molar-refractivity contribution is -0.386. The van der Waals surface area contributed by atoms with Crippen molar-refractivity contribution in [2.45, 2.75) is 26.8 Å². The molecule has 106 valence electrons. The Hall–Kier alpha value is -1.96. The van der Waals surface area contributed by atoms with Gasteiger partial charge in [0.25, 0.3) is 0 Å². The highest BCUT2D eigenvalue weighted by Gasteiger charge is 2.16. The van der Waals surface area contributed by atoms with Crippen molar-refractivity contribution in [3.05, 3.63) is 54.2 Å². The molecule has 0 radical (unpaired) electrons. The van der Waals surface area contributed by atoms with Gasteiger partial charge in [-0.2, -0.15) is 0 Å². The number of nitrogens with zero attached hydrogens (tertiary/aromatic N) is 3. The van der Waals surface area contributed by atoms with Gasteiger partial charge in [0, 0.05) is 28.8 Å². The van der Waals surface area contributed by atoms with Crippen LogP contribution >= 0.6 is 15.9 Å². The molecule has 2 rings (SSSR count). The van der Waals surface area contributed by atoms with Crippen LogP contribution in [0, 0.1) is 24.0 Å². The first kappa shape index (κ1) is 14.4. The van der Waals surface area contributed by atoms with Gasteiger partial charge in [0.15, 0.2) is 0 Å². The van der Waals surface area contributed by atoms with E-state index >= 15 is 0 Å². The maximum absolute atomic E-state index is 12.0. The molecule has 2 aromatic heterocycles. The Bertz CT molecular complexity index is 700. The van der Waals surface area contributed by atoms with E-state index in [4.69, 9.17) is 4.52 Å². The van der Waals surface area contributed by atoms with Gasteiger partial charge in [-0.05, 0) is 36.2 Å². The van der Waals surface area contributed by atoms with Gasteiger partial charge in [-0.3, -0.25) is 14.9 Å². The molecule has 0 spiro atoms. The topological polar surface area (TPSA) is 91.2 Å². The van der Waals surface area contributed by atoms with Gasteiger partial charge in [-0.1, -0.05) is 5.16 Å². The fraction of sp³-hybridized carbons (Fsp3) is 0.333. The lowest BCUT2D eigenvalue weighted by Gasteiger charge is -2.06. The Kier molecular flexibility index (Phi) is 4.03. The molecule has 0 unspecified atom stereocenters. The summed E-state index contributed by atoms with van der Waals surface area (Å²) in [6.45, 7) is 3.93. The molecule has 8 heteroatoms. The molecule has 0 N–H and O–H groups in total. The summed E-state index contributed by atoms with van der Waals surface area (Å²) in [5.41, 5.74) is 0.614. The standard InChI is InChI=1S/C12H12BrN3O4/c1-7-10(8(2)20-14-7)3-4-15-6-9(13)5-11(12(15)17)16(18)19/h5-6H,3-4H2,1-2H3. The minimum atomic E-state index is -0.681. The maximum Gasteiger partial charge on any atom is 0.335 e. The average molecular weight is 342 g/mol. The summed E-state index contributed by atoms with van der Waals surface area (Å²) in [6.07, 6.45) is 2.06. The Labute approximate surface area is 122 Å². The lowest BCUT2D eigenvalue weighted by atomic mass is 10.1. The molecule has 0 aliphatic heterocycles. The smallest absolute Gasteiger partial charge is 0.335 e. The minimum Gasteiger partial charge on any atom is -0.361 e. The van der Waals surface area contributed by atoms with E-state index in [-0.39, 0.29) is 0 Å². The molecule has 7 nitrogen and oxygen atoms in total. The summed E-state index contributed by atoms with van der Waals surface area (Å²) >= 11 is 3.17. The number of halogens is 1. The second-order valence-corrected chi connectivity index (χ2v) is 5.27. The van der Waals surface area contributed by atoms with Crippen LogP contribution in [0.2, 0.25) is 0 Å². The van der Waals surface area contributed by atoms with E-state index in [2.05, 4.69) is 21.1 Å². The Morgan fingerprint density at radius 3 is 2.75 bits per heavy atom. The van der Waals surface area contributed by atoms with Gasteiger partial charge in [0.2, 0.25) is 0 Å². The van der Waals surface area contributed by atoms with Crippen LogP contribution in [0.15, 0.2) is 26.1 Å². The van der Waals surface area contributed by atoms with Crippen LogP contribution in [-0.2, 0) is 13.0 Å². The zero-order chi connectivity index (χ0) is 14.9. The summed E-state index contributed by atoms with van der Waals surface area (Å²) in [4.78, 5) is 22.1. The number of hydrogen-bond donors (Lipinski definition) is 0. The molecule has 2 heterocycles. The van der Waals surface area contributed by atoms with E-state index in [9.17, 15) is 14.9 Å². The predicted molar refractivity (Wildman–Crippen MR) is 74.7 cm³/mol. The van der Waals surface area contributed by atoms with Crippen LogP contribution in [0.1, 0.15) is 17.0 Å². The first-order valence-electron chi connectivity index (χ1n) is 5.86. The van der Waals surface area contributed by atoms with Gasteiger partial charge in [0.05, 0.1) is 10.6 Å². The Morgan fingerprint density at radius 2 is 2.20 bits per heavy atom. The molecule has 0 fully saturated rings. The summed E-state index contributed by atoms with van der Waals surface area (Å²) in [7, 11) is 0. The van der Waals surface area contributed by atoms with Crippen LogP contribution in [0.25, 0.3) is 0 Å². The van der Waals surface area contributed by atoms with E-state index in [0.717, 1.165) is 11.3 Å². The molecule has 2 aromatic rings. The van der Waals surface area contributed by atoms with Gasteiger partial charge < -0.3 is 9.09 Å². The number of rotatable bonds is 4. The van der Waals surface area contributed by atoms with Crippen LogP contribution < -0.4 is 5.56 Å². The normalized spacial score (nSPS) is 10.8. The highest BCUT2D eigenvalue weighted by molar-refractivity contribution is 9.10. The lowest BCUT2D eigenvalue weighted by Crippen LogP contribution is -2.23. The molecular weight excluding hydrogens is 330 g/mol. The summed E-state index contributed by atoms with van der Waals surface area (Å²) in [5, 5.41) is 14.6. The third kappa shape index (κ3) is 2.79. The van der Waals surface area contributed by atoms with Crippen molar-refractivity contribution in [3.63, 3.8) is 0 Å². The largest absolute Gasteiger partial charge is 0.361 e. The number of aromatic nitrogens is 2. The van der Waals surface area contributed by atoms with E-state index in [1.807, 2.05) is 6.92 Å². The Balaban J connectivity index is 2.31. The first-order chi connectivity index (χ1) is 9.40. The average Bonchev–Trinajstić information content (AvgIpc) is 2.69. The number of pyridine rings is 1. The third-order valence-corrected chi connectivity index (χ3v) is 3.45. The number of nitro groups is 1. The fourth-order valence-corrected chi connectivity index (χ4v) is 2.44. The number of hydrogen-bond acceptors (Lipinski definition) is 5. The van der Waals surface area contributed by atoms with Crippen molar-refractivity contribution >= 4 is 21.6 Å². The summed E-state index contributed by atoms with van der Waals surface area (Å²) < 4.78 is 6.85. The Morgan fingerprint density at radius 1 is 1.50 bits per heavy atom. The molecule has 0 aliphatic carbocycles. The van der Waals surface area contributed by atoms with Gasteiger partial charge in [-0.25, -0.2) is 0 Å². The monoisotopic (exact) mass is 341 g/mol. The molecule has 0 saturated heterocycles. The van der Waals surface area contributed by atoms with Crippen LogP contribution in [0.3, 0.4) is 0 Å². The van der Waals surface area contributed by atoms with Crippen LogP contribution in [-0.4, -0.2) is 14.6 Å².